The van der Waals surface area contributed by atoms with Gasteiger partial charge in [-0.1, -0.05) is 47.5 Å². The predicted octanol–water partition coefficient (Wildman–Crippen LogP) is 2.83. The highest BCUT2D eigenvalue weighted by Crippen LogP contribution is 2.31. The Hall–Kier alpha value is -0.160. The first-order valence-electron chi connectivity index (χ1n) is 8.85. The molecule has 0 amide bonds. The van der Waals surface area contributed by atoms with Crippen molar-refractivity contribution >= 4 is 0 Å². The van der Waals surface area contributed by atoms with Crippen LogP contribution in [0.5, 0.6) is 0 Å². The van der Waals surface area contributed by atoms with Crippen LogP contribution in [0.25, 0.3) is 0 Å². The summed E-state index contributed by atoms with van der Waals surface area (Å²) in [6.07, 6.45) is 4.42. The van der Waals surface area contributed by atoms with Crippen LogP contribution in [0, 0.1) is 11.3 Å². The zero-order chi connectivity index (χ0) is 17.8. The summed E-state index contributed by atoms with van der Waals surface area (Å²) < 4.78 is 0.727. The van der Waals surface area contributed by atoms with Gasteiger partial charge in [0.1, 0.15) is 0 Å². The zero-order valence-corrected chi connectivity index (χ0v) is 16.7. The van der Waals surface area contributed by atoms with Gasteiger partial charge < -0.3 is 5.73 Å². The van der Waals surface area contributed by atoms with Crippen LogP contribution in [0.3, 0.4) is 0 Å². The number of nitrogens with two attached hydrogens (primary N) is 2. The van der Waals surface area contributed by atoms with Crippen molar-refractivity contribution in [3.63, 3.8) is 0 Å². The summed E-state index contributed by atoms with van der Waals surface area (Å²) in [4.78, 5) is 2.12. The molecule has 0 aliphatic heterocycles. The minimum Gasteiger partial charge on any atom is -0.320 e. The van der Waals surface area contributed by atoms with Gasteiger partial charge in [0.2, 0.25) is 5.79 Å². The fourth-order valence-corrected chi connectivity index (χ4v) is 3.09. The van der Waals surface area contributed by atoms with E-state index in [1.807, 2.05) is 0 Å². The Morgan fingerprint density at radius 3 is 1.95 bits per heavy atom. The van der Waals surface area contributed by atoms with Crippen LogP contribution in [0.4, 0.5) is 0 Å². The number of quaternary nitrogens is 1. The summed E-state index contributed by atoms with van der Waals surface area (Å²) >= 11 is 0. The molecule has 0 aromatic heterocycles. The molecule has 3 atom stereocenters. The van der Waals surface area contributed by atoms with Crippen LogP contribution in [-0.2, 0) is 0 Å². The second-order valence-corrected chi connectivity index (χ2v) is 8.89. The Morgan fingerprint density at radius 2 is 1.59 bits per heavy atom. The highest BCUT2D eigenvalue weighted by atomic mass is 15.6. The Bertz CT molecular complexity index is 320. The zero-order valence-electron chi connectivity index (χ0n) is 16.7. The molecule has 0 saturated heterocycles. The van der Waals surface area contributed by atoms with E-state index in [9.17, 15) is 0 Å². The molecular weight excluding hydrogens is 272 g/mol. The van der Waals surface area contributed by atoms with Gasteiger partial charge in [0.15, 0.2) is 0 Å². The molecular formula is C18H43N4+. The lowest BCUT2D eigenvalue weighted by Gasteiger charge is -2.52. The van der Waals surface area contributed by atoms with Gasteiger partial charge in [-0.15, -0.1) is 0 Å². The third-order valence-electron chi connectivity index (χ3n) is 5.70. The molecule has 0 saturated carbocycles. The maximum absolute atomic E-state index is 6.87. The molecule has 0 heterocycles. The van der Waals surface area contributed by atoms with E-state index in [2.05, 4.69) is 67.7 Å². The van der Waals surface area contributed by atoms with Gasteiger partial charge >= 0.3 is 0 Å². The molecule has 0 fully saturated rings. The molecule has 4 N–H and O–H groups in total. The van der Waals surface area contributed by atoms with Crippen LogP contribution in [-0.4, -0.2) is 55.9 Å². The molecule has 0 rings (SSSR count). The summed E-state index contributed by atoms with van der Waals surface area (Å²) in [5.41, 5.74) is 13.7. The standard InChI is InChI=1S/C18H43N4/c1-10-11-12-16(19)18(20,21(6)7)22(8,9)14-13-15(2)17(3,4)5/h15-16H,10-14,19-20H2,1-9H3/q+1. The topological polar surface area (TPSA) is 55.3 Å². The molecule has 0 aromatic rings. The van der Waals surface area contributed by atoms with Crippen LogP contribution in [0.1, 0.15) is 60.3 Å². The van der Waals surface area contributed by atoms with Crippen LogP contribution in [0.15, 0.2) is 0 Å². The maximum Gasteiger partial charge on any atom is 0.225 e. The molecule has 4 nitrogen and oxygen atoms in total. The SMILES string of the molecule is CCCCC(N)C(N)(N(C)C)[N+](C)(C)CCC(C)C(C)(C)C. The summed E-state index contributed by atoms with van der Waals surface area (Å²) in [6.45, 7) is 12.5. The Balaban J connectivity index is 5.12. The molecule has 0 bridgehead atoms. The largest absolute Gasteiger partial charge is 0.320 e. The van der Waals surface area contributed by atoms with Crippen molar-refractivity contribution in [1.82, 2.24) is 4.90 Å². The fraction of sp³-hybridized carbons (Fsp3) is 1.00. The monoisotopic (exact) mass is 315 g/mol. The van der Waals surface area contributed by atoms with Crippen molar-refractivity contribution in [3.8, 4) is 0 Å². The lowest BCUT2D eigenvalue weighted by Crippen LogP contribution is -2.79. The molecule has 0 aliphatic carbocycles. The first-order chi connectivity index (χ1) is 9.80. The molecule has 3 unspecified atom stereocenters. The summed E-state index contributed by atoms with van der Waals surface area (Å²) in [6, 6.07) is -0.0256. The van der Waals surface area contributed by atoms with E-state index < -0.39 is 5.79 Å². The number of unbranched alkanes of at least 4 members (excludes halogenated alkanes) is 1. The first kappa shape index (κ1) is 21.8. The lowest BCUT2D eigenvalue weighted by atomic mass is 9.80. The van der Waals surface area contributed by atoms with E-state index in [1.165, 1.54) is 0 Å². The molecule has 22 heavy (non-hydrogen) atoms. The number of rotatable bonds is 9. The van der Waals surface area contributed by atoms with E-state index in [0.717, 1.165) is 36.7 Å². The number of hydrogen-bond acceptors (Lipinski definition) is 3. The van der Waals surface area contributed by atoms with Crippen molar-refractivity contribution in [2.45, 2.75) is 72.1 Å². The average Bonchev–Trinajstić information content (AvgIpc) is 2.39. The van der Waals surface area contributed by atoms with Crippen molar-refractivity contribution in [2.75, 3.05) is 34.7 Å². The fourth-order valence-electron chi connectivity index (χ4n) is 3.09. The van der Waals surface area contributed by atoms with Gasteiger partial charge in [-0.3, -0.25) is 10.2 Å². The van der Waals surface area contributed by atoms with E-state index in [4.69, 9.17) is 11.5 Å². The summed E-state index contributed by atoms with van der Waals surface area (Å²) in [5, 5.41) is 0. The lowest BCUT2D eigenvalue weighted by molar-refractivity contribution is -0.956. The third kappa shape index (κ3) is 5.19. The van der Waals surface area contributed by atoms with Crippen molar-refractivity contribution in [2.24, 2.45) is 22.8 Å². The van der Waals surface area contributed by atoms with Gasteiger partial charge in [0.25, 0.3) is 0 Å². The van der Waals surface area contributed by atoms with Gasteiger partial charge in [-0.25, -0.2) is 4.90 Å². The minimum atomic E-state index is -0.535. The predicted molar refractivity (Wildman–Crippen MR) is 98.3 cm³/mol. The quantitative estimate of drug-likeness (QED) is 0.508. The Kier molecular flexibility index (Phi) is 8.03. The second kappa shape index (κ2) is 8.09. The number of likely N-dealkylation sites (N-methyl/N-ethyl adjacent to an activating group) is 2. The highest BCUT2D eigenvalue weighted by Gasteiger charge is 2.49. The summed E-state index contributed by atoms with van der Waals surface area (Å²) in [7, 11) is 8.56. The molecule has 0 aliphatic rings. The number of hydrogen-bond donors (Lipinski definition) is 2. The van der Waals surface area contributed by atoms with Gasteiger partial charge in [-0.05, 0) is 38.3 Å². The third-order valence-corrected chi connectivity index (χ3v) is 5.70. The van der Waals surface area contributed by atoms with E-state index in [1.54, 1.807) is 0 Å². The molecule has 0 aromatic carbocycles. The van der Waals surface area contributed by atoms with Crippen molar-refractivity contribution in [3.05, 3.63) is 0 Å². The van der Waals surface area contributed by atoms with Crippen LogP contribution in [0.2, 0.25) is 0 Å². The molecule has 0 radical (unpaired) electrons. The minimum absolute atomic E-state index is 0.0256. The van der Waals surface area contributed by atoms with Gasteiger partial charge in [0.05, 0.1) is 26.7 Å². The smallest absolute Gasteiger partial charge is 0.225 e. The van der Waals surface area contributed by atoms with E-state index >= 15 is 0 Å². The molecule has 4 heteroatoms. The van der Waals surface area contributed by atoms with Crippen LogP contribution >= 0.6 is 0 Å². The van der Waals surface area contributed by atoms with Gasteiger partial charge in [0, 0.05) is 0 Å². The molecule has 134 valence electrons. The van der Waals surface area contributed by atoms with E-state index in [0.29, 0.717) is 11.3 Å². The Morgan fingerprint density at radius 1 is 1.09 bits per heavy atom. The molecule has 0 spiro atoms. The van der Waals surface area contributed by atoms with Crippen molar-refractivity contribution < 1.29 is 4.48 Å². The van der Waals surface area contributed by atoms with Crippen molar-refractivity contribution in [1.29, 1.82) is 0 Å². The number of nitrogens with zero attached hydrogens (tertiary/aromatic N) is 2. The van der Waals surface area contributed by atoms with Gasteiger partial charge in [-0.2, -0.15) is 0 Å². The first-order valence-corrected chi connectivity index (χ1v) is 8.85. The Labute approximate surface area is 139 Å². The summed E-state index contributed by atoms with van der Waals surface area (Å²) in [5.74, 6) is 0.121. The normalized spacial score (nSPS) is 19.1. The van der Waals surface area contributed by atoms with E-state index in [-0.39, 0.29) is 6.04 Å². The average molecular weight is 316 g/mol. The second-order valence-electron chi connectivity index (χ2n) is 8.89. The van der Waals surface area contributed by atoms with Crippen LogP contribution < -0.4 is 11.5 Å². The highest BCUT2D eigenvalue weighted by molar-refractivity contribution is 4.84. The maximum atomic E-state index is 6.87.